The SMILES string of the molecule is CN1C(=O)CN=C(c2ccccc2)c2cc(SF)ccc21. The normalized spacial score (nSPS) is 14.5. The number of hydrogen-bond donors (Lipinski definition) is 0. The summed E-state index contributed by atoms with van der Waals surface area (Å²) in [6.45, 7) is 0.0908. The van der Waals surface area contributed by atoms with Gasteiger partial charge < -0.3 is 4.90 Å². The quantitative estimate of drug-likeness (QED) is 0.850. The summed E-state index contributed by atoms with van der Waals surface area (Å²) in [4.78, 5) is 18.6. The van der Waals surface area contributed by atoms with Gasteiger partial charge in [0, 0.05) is 23.1 Å². The van der Waals surface area contributed by atoms with Crippen LogP contribution in [0.3, 0.4) is 0 Å². The molecule has 106 valence electrons. The molecule has 0 saturated heterocycles. The molecule has 1 aliphatic rings. The zero-order chi connectivity index (χ0) is 14.8. The molecule has 1 amide bonds. The van der Waals surface area contributed by atoms with Crippen molar-refractivity contribution in [3.8, 4) is 0 Å². The summed E-state index contributed by atoms with van der Waals surface area (Å²) in [5.41, 5.74) is 3.16. The van der Waals surface area contributed by atoms with E-state index in [0.717, 1.165) is 22.5 Å². The first kappa shape index (κ1) is 13.8. The fourth-order valence-corrected chi connectivity index (χ4v) is 2.64. The van der Waals surface area contributed by atoms with Gasteiger partial charge in [0.15, 0.2) is 0 Å². The number of halogens is 1. The van der Waals surface area contributed by atoms with E-state index < -0.39 is 0 Å². The molecule has 0 N–H and O–H groups in total. The van der Waals surface area contributed by atoms with E-state index in [9.17, 15) is 8.68 Å². The fourth-order valence-electron chi connectivity index (χ4n) is 2.36. The lowest BCUT2D eigenvalue weighted by molar-refractivity contribution is -0.116. The third kappa shape index (κ3) is 2.56. The van der Waals surface area contributed by atoms with Gasteiger partial charge in [0.05, 0.1) is 23.5 Å². The van der Waals surface area contributed by atoms with E-state index in [1.165, 1.54) is 0 Å². The number of fused-ring (bicyclic) bond motifs is 1. The van der Waals surface area contributed by atoms with E-state index in [1.807, 2.05) is 30.3 Å². The van der Waals surface area contributed by atoms with Gasteiger partial charge >= 0.3 is 0 Å². The molecular weight excluding hydrogens is 287 g/mol. The second-order valence-electron chi connectivity index (χ2n) is 4.74. The predicted octanol–water partition coefficient (Wildman–Crippen LogP) is 3.48. The number of benzene rings is 2. The summed E-state index contributed by atoms with van der Waals surface area (Å²) in [5, 5.41) is 0. The van der Waals surface area contributed by atoms with Crippen LogP contribution in [-0.4, -0.2) is 25.2 Å². The van der Waals surface area contributed by atoms with Gasteiger partial charge in [-0.05, 0) is 18.2 Å². The molecule has 1 heterocycles. The molecule has 21 heavy (non-hydrogen) atoms. The average molecular weight is 300 g/mol. The van der Waals surface area contributed by atoms with Crippen LogP contribution in [0, 0.1) is 0 Å². The Morgan fingerprint density at radius 3 is 2.67 bits per heavy atom. The molecule has 2 aromatic carbocycles. The minimum atomic E-state index is -0.0807. The van der Waals surface area contributed by atoms with E-state index in [0.29, 0.717) is 4.90 Å². The van der Waals surface area contributed by atoms with Crippen molar-refractivity contribution in [2.75, 3.05) is 18.5 Å². The number of nitrogens with zero attached hydrogens (tertiary/aromatic N) is 2. The fraction of sp³-hybridized carbons (Fsp3) is 0.125. The van der Waals surface area contributed by atoms with E-state index in [1.54, 1.807) is 30.1 Å². The van der Waals surface area contributed by atoms with Crippen LogP contribution in [-0.2, 0) is 4.79 Å². The number of carbonyl (C=O) groups excluding carboxylic acids is 1. The van der Waals surface area contributed by atoms with Gasteiger partial charge in [0.2, 0.25) is 5.91 Å². The molecule has 5 heteroatoms. The molecule has 2 aromatic rings. The molecule has 3 nitrogen and oxygen atoms in total. The lowest BCUT2D eigenvalue weighted by Gasteiger charge is -2.18. The number of aliphatic imine (C=N–C) groups is 1. The summed E-state index contributed by atoms with van der Waals surface area (Å²) >= 11 is 0.189. The van der Waals surface area contributed by atoms with Gasteiger partial charge in [0.1, 0.15) is 6.54 Å². The third-order valence-corrected chi connectivity index (χ3v) is 3.90. The van der Waals surface area contributed by atoms with Crippen LogP contribution < -0.4 is 4.90 Å². The minimum Gasteiger partial charge on any atom is -0.313 e. The molecule has 3 rings (SSSR count). The van der Waals surface area contributed by atoms with Crippen LogP contribution in [0.25, 0.3) is 0 Å². The van der Waals surface area contributed by atoms with Crippen LogP contribution in [0.5, 0.6) is 0 Å². The molecule has 0 atom stereocenters. The van der Waals surface area contributed by atoms with Crippen LogP contribution in [0.4, 0.5) is 9.57 Å². The van der Waals surface area contributed by atoms with Gasteiger partial charge in [-0.25, -0.2) is 0 Å². The van der Waals surface area contributed by atoms with Crippen LogP contribution in [0.15, 0.2) is 58.4 Å². The Labute approximate surface area is 126 Å². The van der Waals surface area contributed by atoms with Crippen LogP contribution >= 0.6 is 12.1 Å². The summed E-state index contributed by atoms with van der Waals surface area (Å²) in [6, 6.07) is 14.8. The molecule has 0 fully saturated rings. The number of anilines is 1. The molecule has 0 aliphatic carbocycles. The zero-order valence-corrected chi connectivity index (χ0v) is 12.2. The Bertz CT molecular complexity index is 715. The van der Waals surface area contributed by atoms with Crippen molar-refractivity contribution in [1.82, 2.24) is 0 Å². The van der Waals surface area contributed by atoms with E-state index in [-0.39, 0.29) is 24.6 Å². The summed E-state index contributed by atoms with van der Waals surface area (Å²) < 4.78 is 12.9. The second-order valence-corrected chi connectivity index (χ2v) is 5.37. The highest BCUT2D eigenvalue weighted by atomic mass is 32.2. The Hall–Kier alpha value is -2.14. The highest BCUT2D eigenvalue weighted by molar-refractivity contribution is 7.94. The number of rotatable bonds is 2. The largest absolute Gasteiger partial charge is 0.313 e. The average Bonchev–Trinajstić information content (AvgIpc) is 2.66. The maximum Gasteiger partial charge on any atom is 0.248 e. The van der Waals surface area contributed by atoms with Crippen molar-refractivity contribution >= 4 is 29.5 Å². The maximum atomic E-state index is 12.9. The Morgan fingerprint density at radius 2 is 1.95 bits per heavy atom. The first-order valence-corrected chi connectivity index (χ1v) is 7.22. The number of carbonyl (C=O) groups is 1. The zero-order valence-electron chi connectivity index (χ0n) is 11.4. The van der Waals surface area contributed by atoms with Crippen molar-refractivity contribution in [3.63, 3.8) is 0 Å². The molecule has 0 bridgehead atoms. The molecule has 0 spiro atoms. The molecule has 0 aromatic heterocycles. The Balaban J connectivity index is 2.22. The summed E-state index contributed by atoms with van der Waals surface area (Å²) in [6.07, 6.45) is 0. The summed E-state index contributed by atoms with van der Waals surface area (Å²) in [5.74, 6) is -0.0807. The second kappa shape index (κ2) is 5.69. The Kier molecular flexibility index (Phi) is 3.75. The summed E-state index contributed by atoms with van der Waals surface area (Å²) in [7, 11) is 1.72. The van der Waals surface area contributed by atoms with Crippen molar-refractivity contribution in [2.24, 2.45) is 4.99 Å². The van der Waals surface area contributed by atoms with Gasteiger partial charge in [-0.15, -0.1) is 0 Å². The first-order valence-electron chi connectivity index (χ1n) is 6.50. The monoisotopic (exact) mass is 300 g/mol. The van der Waals surface area contributed by atoms with Crippen LogP contribution in [0.1, 0.15) is 11.1 Å². The number of benzodiazepines with no additional fused rings is 1. The van der Waals surface area contributed by atoms with E-state index >= 15 is 0 Å². The van der Waals surface area contributed by atoms with Gasteiger partial charge in [-0.2, -0.15) is 3.89 Å². The highest BCUT2D eigenvalue weighted by Gasteiger charge is 2.22. The lowest BCUT2D eigenvalue weighted by atomic mass is 10.0. The number of hydrogen-bond acceptors (Lipinski definition) is 3. The molecule has 1 aliphatic heterocycles. The molecule has 0 unspecified atom stereocenters. The van der Waals surface area contributed by atoms with Crippen LogP contribution in [0.2, 0.25) is 0 Å². The van der Waals surface area contributed by atoms with Crippen molar-refractivity contribution < 1.29 is 8.68 Å². The lowest BCUT2D eigenvalue weighted by Crippen LogP contribution is -2.27. The molecular formula is C16H13FN2OS. The Morgan fingerprint density at radius 1 is 1.19 bits per heavy atom. The molecule has 0 radical (unpaired) electrons. The number of likely N-dealkylation sites (N-methyl/N-ethyl adjacent to an activating group) is 1. The standard InChI is InChI=1S/C16H13FN2OS/c1-19-14-8-7-12(21-17)9-13(14)16(18-10-15(19)20)11-5-3-2-4-6-11/h2-9H,10H2,1H3. The maximum absolute atomic E-state index is 12.9. The van der Waals surface area contributed by atoms with Crippen molar-refractivity contribution in [3.05, 3.63) is 59.7 Å². The third-order valence-electron chi connectivity index (χ3n) is 3.47. The van der Waals surface area contributed by atoms with Gasteiger partial charge in [-0.1, -0.05) is 30.3 Å². The predicted molar refractivity (Wildman–Crippen MR) is 83.8 cm³/mol. The topological polar surface area (TPSA) is 32.7 Å². The molecule has 0 saturated carbocycles. The van der Waals surface area contributed by atoms with Gasteiger partial charge in [0.25, 0.3) is 0 Å². The van der Waals surface area contributed by atoms with Crippen molar-refractivity contribution in [1.29, 1.82) is 0 Å². The highest BCUT2D eigenvalue weighted by Crippen LogP contribution is 2.30. The van der Waals surface area contributed by atoms with E-state index in [4.69, 9.17) is 0 Å². The van der Waals surface area contributed by atoms with E-state index in [2.05, 4.69) is 4.99 Å². The minimum absolute atomic E-state index is 0.0807. The van der Waals surface area contributed by atoms with Gasteiger partial charge in [-0.3, -0.25) is 9.79 Å². The first-order chi connectivity index (χ1) is 10.2. The number of amides is 1. The smallest absolute Gasteiger partial charge is 0.248 e. The van der Waals surface area contributed by atoms with Crippen molar-refractivity contribution in [2.45, 2.75) is 4.90 Å².